The van der Waals surface area contributed by atoms with Crippen LogP contribution in [0.4, 0.5) is 0 Å². The predicted molar refractivity (Wildman–Crippen MR) is 77.2 cm³/mol. The lowest BCUT2D eigenvalue weighted by atomic mass is 10.1. The second-order valence-electron chi connectivity index (χ2n) is 4.31. The third-order valence-electron chi connectivity index (χ3n) is 2.95. The van der Waals surface area contributed by atoms with E-state index in [2.05, 4.69) is 18.3 Å². The van der Waals surface area contributed by atoms with E-state index in [-0.39, 0.29) is 0 Å². The Morgan fingerprint density at radius 2 is 1.84 bits per heavy atom. The average Bonchev–Trinajstić information content (AvgIpc) is 2.44. The molecule has 0 radical (unpaired) electrons. The maximum atomic E-state index is 5.50. The number of likely N-dealkylation sites (N-methyl/N-ethyl adjacent to an activating group) is 1. The molecule has 0 fully saturated rings. The van der Waals surface area contributed by atoms with Crippen LogP contribution in [0.3, 0.4) is 0 Å². The highest BCUT2D eigenvalue weighted by molar-refractivity contribution is 5.43. The van der Waals surface area contributed by atoms with Crippen LogP contribution in [-0.2, 0) is 11.2 Å². The highest BCUT2D eigenvalue weighted by atomic mass is 16.5. The summed E-state index contributed by atoms with van der Waals surface area (Å²) < 4.78 is 16.1. The lowest BCUT2D eigenvalue weighted by Crippen LogP contribution is -2.35. The molecule has 108 valence electrons. The van der Waals surface area contributed by atoms with Gasteiger partial charge in [-0.3, -0.25) is 0 Å². The molecule has 1 rings (SSSR count). The van der Waals surface area contributed by atoms with Crippen LogP contribution in [0.5, 0.6) is 11.5 Å². The Morgan fingerprint density at radius 3 is 2.42 bits per heavy atom. The molecule has 0 spiro atoms. The minimum Gasteiger partial charge on any atom is -0.493 e. The van der Waals surface area contributed by atoms with Gasteiger partial charge < -0.3 is 19.5 Å². The summed E-state index contributed by atoms with van der Waals surface area (Å²) >= 11 is 0. The van der Waals surface area contributed by atoms with Crippen molar-refractivity contribution in [1.29, 1.82) is 0 Å². The van der Waals surface area contributed by atoms with E-state index >= 15 is 0 Å². The van der Waals surface area contributed by atoms with E-state index in [4.69, 9.17) is 14.2 Å². The minimum atomic E-state index is 0.322. The number of ether oxygens (including phenoxy) is 3. The molecule has 19 heavy (non-hydrogen) atoms. The molecule has 1 aromatic carbocycles. The fourth-order valence-corrected chi connectivity index (χ4v) is 2.03. The van der Waals surface area contributed by atoms with Gasteiger partial charge in [0.2, 0.25) is 0 Å². The van der Waals surface area contributed by atoms with Crippen molar-refractivity contribution >= 4 is 0 Å². The number of benzene rings is 1. The normalized spacial score (nSPS) is 12.2. The Balaban J connectivity index is 2.72. The van der Waals surface area contributed by atoms with Gasteiger partial charge in [0.1, 0.15) is 0 Å². The molecule has 0 heterocycles. The third kappa shape index (κ3) is 5.09. The predicted octanol–water partition coefficient (Wildman–Crippen LogP) is 2.26. The van der Waals surface area contributed by atoms with Crippen LogP contribution in [0.1, 0.15) is 19.4 Å². The molecule has 0 aliphatic carbocycles. The molecule has 1 atom stereocenters. The van der Waals surface area contributed by atoms with Crippen molar-refractivity contribution in [3.8, 4) is 11.5 Å². The Bertz CT molecular complexity index is 368. The lowest BCUT2D eigenvalue weighted by molar-refractivity contribution is 0.123. The third-order valence-corrected chi connectivity index (χ3v) is 2.95. The second kappa shape index (κ2) is 8.77. The van der Waals surface area contributed by atoms with E-state index in [1.807, 2.05) is 19.1 Å². The molecule has 0 aliphatic heterocycles. The molecular formula is C15H25NO3. The Labute approximate surface area is 116 Å². The van der Waals surface area contributed by atoms with Gasteiger partial charge in [0, 0.05) is 12.6 Å². The monoisotopic (exact) mass is 267 g/mol. The molecular weight excluding hydrogens is 242 g/mol. The molecule has 0 saturated heterocycles. The van der Waals surface area contributed by atoms with E-state index in [9.17, 15) is 0 Å². The van der Waals surface area contributed by atoms with Gasteiger partial charge >= 0.3 is 0 Å². The Kier molecular flexibility index (Phi) is 7.30. The summed E-state index contributed by atoms with van der Waals surface area (Å²) in [5.74, 6) is 1.53. The van der Waals surface area contributed by atoms with Crippen molar-refractivity contribution in [2.24, 2.45) is 0 Å². The van der Waals surface area contributed by atoms with Crippen LogP contribution in [0, 0.1) is 0 Å². The van der Waals surface area contributed by atoms with Crippen molar-refractivity contribution in [3.05, 3.63) is 23.8 Å². The second-order valence-corrected chi connectivity index (χ2v) is 4.31. The first-order chi connectivity index (χ1) is 9.24. The zero-order valence-electron chi connectivity index (χ0n) is 12.4. The Morgan fingerprint density at radius 1 is 1.11 bits per heavy atom. The van der Waals surface area contributed by atoms with Crippen LogP contribution < -0.4 is 14.8 Å². The van der Waals surface area contributed by atoms with Gasteiger partial charge in [-0.15, -0.1) is 0 Å². The Hall–Kier alpha value is -1.26. The molecule has 4 heteroatoms. The first-order valence-corrected chi connectivity index (χ1v) is 6.77. The minimum absolute atomic E-state index is 0.322. The van der Waals surface area contributed by atoms with E-state index in [0.717, 1.165) is 37.7 Å². The summed E-state index contributed by atoms with van der Waals surface area (Å²) in [7, 11) is 3.30. The van der Waals surface area contributed by atoms with Gasteiger partial charge in [0.05, 0.1) is 20.8 Å². The summed E-state index contributed by atoms with van der Waals surface area (Å²) in [5, 5.41) is 3.43. The molecule has 0 aliphatic rings. The van der Waals surface area contributed by atoms with Crippen LogP contribution in [0.25, 0.3) is 0 Å². The largest absolute Gasteiger partial charge is 0.493 e. The topological polar surface area (TPSA) is 39.7 Å². The van der Waals surface area contributed by atoms with Crippen molar-refractivity contribution in [2.75, 3.05) is 34.0 Å². The van der Waals surface area contributed by atoms with Gasteiger partial charge in [0.15, 0.2) is 11.5 Å². The molecule has 4 nitrogen and oxygen atoms in total. The first kappa shape index (κ1) is 15.8. The van der Waals surface area contributed by atoms with Gasteiger partial charge in [-0.2, -0.15) is 0 Å². The molecule has 1 N–H and O–H groups in total. The smallest absolute Gasteiger partial charge is 0.160 e. The van der Waals surface area contributed by atoms with Crippen LogP contribution in [0.2, 0.25) is 0 Å². The molecule has 0 amide bonds. The molecule has 0 aromatic heterocycles. The first-order valence-electron chi connectivity index (χ1n) is 6.77. The summed E-state index contributed by atoms with van der Waals surface area (Å²) in [6.07, 6.45) is 0.911. The molecule has 0 saturated carbocycles. The highest BCUT2D eigenvalue weighted by Crippen LogP contribution is 2.27. The van der Waals surface area contributed by atoms with E-state index in [0.29, 0.717) is 6.04 Å². The summed E-state index contributed by atoms with van der Waals surface area (Å²) in [5.41, 5.74) is 1.21. The molecule has 1 aromatic rings. The fourth-order valence-electron chi connectivity index (χ4n) is 2.03. The summed E-state index contributed by atoms with van der Waals surface area (Å²) in [4.78, 5) is 0. The van der Waals surface area contributed by atoms with E-state index in [1.165, 1.54) is 5.56 Å². The summed E-state index contributed by atoms with van der Waals surface area (Å²) in [6, 6.07) is 6.35. The number of hydrogen-bond donors (Lipinski definition) is 1. The van der Waals surface area contributed by atoms with Crippen molar-refractivity contribution < 1.29 is 14.2 Å². The van der Waals surface area contributed by atoms with Crippen molar-refractivity contribution in [1.82, 2.24) is 5.32 Å². The van der Waals surface area contributed by atoms with Gasteiger partial charge in [-0.1, -0.05) is 13.0 Å². The zero-order valence-corrected chi connectivity index (χ0v) is 12.4. The number of methoxy groups -OCH3 is 2. The highest BCUT2D eigenvalue weighted by Gasteiger charge is 2.11. The summed E-state index contributed by atoms with van der Waals surface area (Å²) in [6.45, 7) is 6.52. The van der Waals surface area contributed by atoms with Gasteiger partial charge in [0.25, 0.3) is 0 Å². The van der Waals surface area contributed by atoms with Crippen LogP contribution >= 0.6 is 0 Å². The lowest BCUT2D eigenvalue weighted by Gasteiger charge is -2.18. The van der Waals surface area contributed by atoms with Gasteiger partial charge in [-0.25, -0.2) is 0 Å². The van der Waals surface area contributed by atoms with Crippen molar-refractivity contribution in [2.45, 2.75) is 26.3 Å². The van der Waals surface area contributed by atoms with Crippen molar-refractivity contribution in [3.63, 3.8) is 0 Å². The van der Waals surface area contributed by atoms with Crippen LogP contribution in [0.15, 0.2) is 18.2 Å². The number of nitrogens with one attached hydrogen (secondary N) is 1. The van der Waals surface area contributed by atoms with Crippen LogP contribution in [-0.4, -0.2) is 40.0 Å². The quantitative estimate of drug-likeness (QED) is 0.745. The average molecular weight is 267 g/mol. The fraction of sp³-hybridized carbons (Fsp3) is 0.600. The maximum Gasteiger partial charge on any atom is 0.160 e. The van der Waals surface area contributed by atoms with E-state index in [1.54, 1.807) is 14.2 Å². The zero-order chi connectivity index (χ0) is 14.1. The van der Waals surface area contributed by atoms with E-state index < -0.39 is 0 Å². The number of rotatable bonds is 9. The standard InChI is InChI=1S/C15H25NO3/c1-5-16-13(11-19-6-2)9-12-7-8-14(17-3)15(10-12)18-4/h7-8,10,13,16H,5-6,9,11H2,1-4H3. The number of hydrogen-bond acceptors (Lipinski definition) is 4. The maximum absolute atomic E-state index is 5.50. The SMILES string of the molecule is CCNC(COCC)Cc1ccc(OC)c(OC)c1. The molecule has 0 bridgehead atoms. The molecule has 1 unspecified atom stereocenters. The van der Waals surface area contributed by atoms with Gasteiger partial charge in [-0.05, 0) is 37.6 Å².